The molecule has 0 saturated carbocycles. The van der Waals surface area contributed by atoms with E-state index in [1.54, 1.807) is 6.07 Å². The molecule has 0 aliphatic carbocycles. The van der Waals surface area contributed by atoms with Gasteiger partial charge in [-0.2, -0.15) is 0 Å². The molecule has 0 radical (unpaired) electrons. The minimum absolute atomic E-state index is 0.0925. The number of hydrogen-bond donors (Lipinski definition) is 1. The molecular formula is C15H14Br2FN. The van der Waals surface area contributed by atoms with E-state index in [2.05, 4.69) is 44.1 Å². The predicted molar refractivity (Wildman–Crippen MR) is 85.0 cm³/mol. The summed E-state index contributed by atoms with van der Waals surface area (Å²) >= 11 is 6.73. The third kappa shape index (κ3) is 3.37. The second-order valence-electron chi connectivity index (χ2n) is 4.47. The highest BCUT2D eigenvalue weighted by Crippen LogP contribution is 2.29. The minimum atomic E-state index is -0.257. The molecule has 0 saturated heterocycles. The van der Waals surface area contributed by atoms with Crippen molar-refractivity contribution >= 4 is 37.5 Å². The van der Waals surface area contributed by atoms with Crippen molar-refractivity contribution in [3.05, 3.63) is 62.3 Å². The van der Waals surface area contributed by atoms with Gasteiger partial charge >= 0.3 is 0 Å². The molecule has 0 aliphatic heterocycles. The Morgan fingerprint density at radius 1 is 1.11 bits per heavy atom. The second-order valence-corrected chi connectivity index (χ2v) is 6.18. The van der Waals surface area contributed by atoms with E-state index in [9.17, 15) is 4.39 Å². The van der Waals surface area contributed by atoms with E-state index in [4.69, 9.17) is 0 Å². The Kier molecular flexibility index (Phi) is 4.63. The fourth-order valence-electron chi connectivity index (χ4n) is 1.94. The fourth-order valence-corrected chi connectivity index (χ4v) is 3.03. The van der Waals surface area contributed by atoms with Crippen molar-refractivity contribution in [2.24, 2.45) is 0 Å². The molecule has 0 fully saturated rings. The van der Waals surface area contributed by atoms with Crippen molar-refractivity contribution in [1.29, 1.82) is 0 Å². The van der Waals surface area contributed by atoms with Crippen molar-refractivity contribution in [3.8, 4) is 0 Å². The molecule has 100 valence electrons. The topological polar surface area (TPSA) is 12.0 Å². The van der Waals surface area contributed by atoms with Gasteiger partial charge in [-0.3, -0.25) is 0 Å². The summed E-state index contributed by atoms with van der Waals surface area (Å²) in [6.07, 6.45) is 0. The zero-order valence-corrected chi connectivity index (χ0v) is 13.8. The van der Waals surface area contributed by atoms with Gasteiger partial charge in [0, 0.05) is 16.2 Å². The molecule has 0 aromatic heterocycles. The molecule has 1 unspecified atom stereocenters. The number of anilines is 1. The van der Waals surface area contributed by atoms with Gasteiger partial charge in [-0.25, -0.2) is 4.39 Å². The van der Waals surface area contributed by atoms with Gasteiger partial charge in [0.15, 0.2) is 0 Å². The van der Waals surface area contributed by atoms with Crippen LogP contribution in [0.4, 0.5) is 10.1 Å². The first-order chi connectivity index (χ1) is 8.99. The van der Waals surface area contributed by atoms with Crippen LogP contribution in [0.15, 0.2) is 45.3 Å². The molecule has 0 bridgehead atoms. The Labute approximate surface area is 129 Å². The molecule has 0 heterocycles. The first-order valence-corrected chi connectivity index (χ1v) is 7.54. The molecule has 0 amide bonds. The minimum Gasteiger partial charge on any atom is -0.378 e. The maximum Gasteiger partial charge on any atom is 0.139 e. The van der Waals surface area contributed by atoms with Gasteiger partial charge in [-0.15, -0.1) is 0 Å². The molecule has 1 N–H and O–H groups in total. The third-order valence-corrected chi connectivity index (χ3v) is 4.34. The molecule has 19 heavy (non-hydrogen) atoms. The van der Waals surface area contributed by atoms with Crippen LogP contribution < -0.4 is 5.32 Å². The molecule has 1 atom stereocenters. The average molecular weight is 387 g/mol. The number of benzene rings is 2. The lowest BCUT2D eigenvalue weighted by Gasteiger charge is -2.19. The summed E-state index contributed by atoms with van der Waals surface area (Å²) in [6.45, 7) is 4.01. The lowest BCUT2D eigenvalue weighted by molar-refractivity contribution is 0.620. The Hall–Kier alpha value is -0.870. The van der Waals surface area contributed by atoms with Gasteiger partial charge in [-0.05, 0) is 59.1 Å². The van der Waals surface area contributed by atoms with Gasteiger partial charge in [0.05, 0.1) is 4.47 Å². The quantitative estimate of drug-likeness (QED) is 0.699. The van der Waals surface area contributed by atoms with Crippen LogP contribution in [0.2, 0.25) is 0 Å². The van der Waals surface area contributed by atoms with E-state index < -0.39 is 0 Å². The molecule has 2 aromatic carbocycles. The van der Waals surface area contributed by atoms with Crippen LogP contribution in [0.1, 0.15) is 24.1 Å². The second kappa shape index (κ2) is 6.06. The smallest absolute Gasteiger partial charge is 0.139 e. The summed E-state index contributed by atoms with van der Waals surface area (Å²) in [4.78, 5) is 0. The zero-order chi connectivity index (χ0) is 14.0. The van der Waals surface area contributed by atoms with Crippen molar-refractivity contribution in [2.75, 3.05) is 5.32 Å². The summed E-state index contributed by atoms with van der Waals surface area (Å²) in [5, 5.41) is 3.34. The molecular weight excluding hydrogens is 373 g/mol. The highest BCUT2D eigenvalue weighted by Gasteiger charge is 2.11. The van der Waals surface area contributed by atoms with Gasteiger partial charge in [0.1, 0.15) is 5.82 Å². The van der Waals surface area contributed by atoms with Crippen molar-refractivity contribution in [2.45, 2.75) is 19.9 Å². The number of rotatable bonds is 3. The van der Waals surface area contributed by atoms with Crippen LogP contribution in [0.25, 0.3) is 0 Å². The molecule has 4 heteroatoms. The monoisotopic (exact) mass is 385 g/mol. The Morgan fingerprint density at radius 2 is 1.79 bits per heavy atom. The maximum atomic E-state index is 13.6. The normalized spacial score (nSPS) is 12.3. The summed E-state index contributed by atoms with van der Waals surface area (Å²) in [7, 11) is 0. The van der Waals surface area contributed by atoms with Gasteiger partial charge in [-0.1, -0.05) is 34.1 Å². The SMILES string of the molecule is Cc1cc(Br)c(F)cc1NC(C)c1ccccc1Br. The molecule has 2 aromatic rings. The molecule has 0 spiro atoms. The number of nitrogens with one attached hydrogen (secondary N) is 1. The first-order valence-electron chi connectivity index (χ1n) is 5.95. The van der Waals surface area contributed by atoms with E-state index in [-0.39, 0.29) is 11.9 Å². The van der Waals surface area contributed by atoms with E-state index >= 15 is 0 Å². The van der Waals surface area contributed by atoms with Crippen LogP contribution in [-0.4, -0.2) is 0 Å². The number of halogens is 3. The fraction of sp³-hybridized carbons (Fsp3) is 0.200. The summed E-state index contributed by atoms with van der Waals surface area (Å²) in [5.41, 5.74) is 2.96. The van der Waals surface area contributed by atoms with E-state index in [1.807, 2.05) is 31.2 Å². The van der Waals surface area contributed by atoms with Crippen molar-refractivity contribution < 1.29 is 4.39 Å². The predicted octanol–water partition coefficient (Wildman–Crippen LogP) is 5.83. The van der Waals surface area contributed by atoms with Crippen LogP contribution in [0, 0.1) is 12.7 Å². The zero-order valence-electron chi connectivity index (χ0n) is 10.7. The molecule has 2 rings (SSSR count). The maximum absolute atomic E-state index is 13.6. The first kappa shape index (κ1) is 14.5. The molecule has 1 nitrogen and oxygen atoms in total. The molecule has 0 aliphatic rings. The van der Waals surface area contributed by atoms with E-state index in [0.717, 1.165) is 21.3 Å². The van der Waals surface area contributed by atoms with Crippen LogP contribution in [-0.2, 0) is 0 Å². The average Bonchev–Trinajstić information content (AvgIpc) is 2.36. The Bertz CT molecular complexity index is 599. The highest BCUT2D eigenvalue weighted by molar-refractivity contribution is 9.10. The van der Waals surface area contributed by atoms with Crippen LogP contribution in [0.5, 0.6) is 0 Å². The summed E-state index contributed by atoms with van der Waals surface area (Å²) in [6, 6.07) is 11.4. The highest BCUT2D eigenvalue weighted by atomic mass is 79.9. The third-order valence-electron chi connectivity index (χ3n) is 3.01. The van der Waals surface area contributed by atoms with Crippen LogP contribution in [0.3, 0.4) is 0 Å². The number of hydrogen-bond acceptors (Lipinski definition) is 1. The Balaban J connectivity index is 2.27. The van der Waals surface area contributed by atoms with Gasteiger partial charge < -0.3 is 5.32 Å². The standard InChI is InChI=1S/C15H14Br2FN/c1-9-7-13(17)14(18)8-15(9)19-10(2)11-5-3-4-6-12(11)16/h3-8,10,19H,1-2H3. The summed E-state index contributed by atoms with van der Waals surface area (Å²) < 4.78 is 15.1. The van der Waals surface area contributed by atoms with Gasteiger partial charge in [0.25, 0.3) is 0 Å². The lowest BCUT2D eigenvalue weighted by atomic mass is 10.1. The summed E-state index contributed by atoms with van der Waals surface area (Å²) in [5.74, 6) is -0.257. The van der Waals surface area contributed by atoms with Gasteiger partial charge in [0.2, 0.25) is 0 Å². The van der Waals surface area contributed by atoms with Crippen molar-refractivity contribution in [1.82, 2.24) is 0 Å². The van der Waals surface area contributed by atoms with E-state index in [1.165, 1.54) is 6.07 Å². The largest absolute Gasteiger partial charge is 0.378 e. The lowest BCUT2D eigenvalue weighted by Crippen LogP contribution is -2.08. The van der Waals surface area contributed by atoms with Crippen LogP contribution >= 0.6 is 31.9 Å². The van der Waals surface area contributed by atoms with E-state index in [0.29, 0.717) is 4.47 Å². The number of aryl methyl sites for hydroxylation is 1. The van der Waals surface area contributed by atoms with Crippen molar-refractivity contribution in [3.63, 3.8) is 0 Å². The Morgan fingerprint density at radius 3 is 2.47 bits per heavy atom.